The van der Waals surface area contributed by atoms with Crippen molar-refractivity contribution in [3.8, 4) is 0 Å². The van der Waals surface area contributed by atoms with Crippen LogP contribution in [-0.4, -0.2) is 14.0 Å². The van der Waals surface area contributed by atoms with Crippen molar-refractivity contribution in [2.45, 2.75) is 44.9 Å². The van der Waals surface area contributed by atoms with E-state index in [2.05, 4.69) is 25.7 Å². The minimum Gasteiger partial charge on any atom is -0.432 e. The Hall–Kier alpha value is -0.573. The second kappa shape index (κ2) is 3.66. The Morgan fingerprint density at radius 3 is 2.54 bits per heavy atom. The molecule has 1 aliphatic carbocycles. The molecule has 3 heteroatoms. The zero-order chi connectivity index (χ0) is 10.1. The zero-order valence-corrected chi connectivity index (χ0v) is 9.89. The van der Waals surface area contributed by atoms with Crippen LogP contribution in [0, 0.1) is 0 Å². The number of carbonyl (C=O) groups excluding carboxylic acids is 1. The van der Waals surface area contributed by atoms with E-state index in [9.17, 15) is 4.79 Å². The molecule has 13 heavy (non-hydrogen) atoms. The molecule has 1 atom stereocenters. The Bertz CT molecular complexity index is 238. The number of carbonyl (C=O) groups is 1. The van der Waals surface area contributed by atoms with Crippen molar-refractivity contribution in [1.29, 1.82) is 0 Å². The van der Waals surface area contributed by atoms with Gasteiger partial charge in [-0.3, -0.25) is 4.79 Å². The van der Waals surface area contributed by atoms with E-state index < -0.39 is 8.07 Å². The highest BCUT2D eigenvalue weighted by Gasteiger charge is 2.29. The van der Waals surface area contributed by atoms with Crippen molar-refractivity contribution in [1.82, 2.24) is 0 Å². The molecule has 1 aliphatic rings. The van der Waals surface area contributed by atoms with Crippen LogP contribution < -0.4 is 0 Å². The summed E-state index contributed by atoms with van der Waals surface area (Å²) in [6.45, 7) is 8.52. The van der Waals surface area contributed by atoms with Crippen LogP contribution in [0.25, 0.3) is 0 Å². The normalized spacial score (nSPS) is 22.8. The van der Waals surface area contributed by atoms with Crippen molar-refractivity contribution in [2.24, 2.45) is 0 Å². The van der Waals surface area contributed by atoms with Gasteiger partial charge in [-0.05, 0) is 18.0 Å². The highest BCUT2D eigenvalue weighted by Crippen LogP contribution is 2.36. The highest BCUT2D eigenvalue weighted by molar-refractivity contribution is 6.78. The first-order chi connectivity index (χ1) is 5.89. The van der Waals surface area contributed by atoms with Gasteiger partial charge in [-0.1, -0.05) is 19.6 Å². The molecule has 0 amide bonds. The topological polar surface area (TPSA) is 26.3 Å². The fourth-order valence-corrected chi connectivity index (χ4v) is 3.34. The minimum absolute atomic E-state index is 0.192. The quantitative estimate of drug-likeness (QED) is 0.504. The van der Waals surface area contributed by atoms with Crippen LogP contribution in [0.3, 0.4) is 0 Å². The smallest absolute Gasteiger partial charge is 0.307 e. The lowest BCUT2D eigenvalue weighted by Crippen LogP contribution is -2.25. The third-order valence-corrected chi connectivity index (χ3v) is 5.16. The lowest BCUT2D eigenvalue weighted by molar-refractivity contribution is -0.136. The average Bonchev–Trinajstić information content (AvgIpc) is 2.32. The summed E-state index contributed by atoms with van der Waals surface area (Å²) in [5.41, 5.74) is 0.682. The second-order valence-corrected chi connectivity index (χ2v) is 10.2. The van der Waals surface area contributed by atoms with Gasteiger partial charge >= 0.3 is 5.97 Å². The molecule has 0 aromatic carbocycles. The molecule has 1 unspecified atom stereocenters. The molecule has 0 fully saturated rings. The van der Waals surface area contributed by atoms with Crippen molar-refractivity contribution in [3.05, 3.63) is 11.8 Å². The number of allylic oxidation sites excluding steroid dienone is 2. The van der Waals surface area contributed by atoms with Crippen LogP contribution in [0.5, 0.6) is 0 Å². The van der Waals surface area contributed by atoms with E-state index in [0.29, 0.717) is 5.54 Å². The molecule has 0 aromatic heterocycles. The molecule has 1 rings (SSSR count). The van der Waals surface area contributed by atoms with E-state index in [1.165, 1.54) is 13.3 Å². The number of esters is 1. The van der Waals surface area contributed by atoms with Gasteiger partial charge in [0.2, 0.25) is 0 Å². The van der Waals surface area contributed by atoms with Crippen LogP contribution in [0.1, 0.15) is 19.8 Å². The zero-order valence-electron chi connectivity index (χ0n) is 8.89. The Labute approximate surface area is 81.0 Å². The van der Waals surface area contributed by atoms with E-state index in [1.807, 2.05) is 0 Å². The van der Waals surface area contributed by atoms with Gasteiger partial charge in [-0.15, -0.1) is 0 Å². The van der Waals surface area contributed by atoms with Gasteiger partial charge in [0, 0.05) is 13.3 Å². The maximum absolute atomic E-state index is 10.7. The van der Waals surface area contributed by atoms with E-state index in [0.717, 1.165) is 12.2 Å². The molecule has 0 aliphatic heterocycles. The molecule has 0 saturated heterocycles. The number of hydrogen-bond acceptors (Lipinski definition) is 2. The molecule has 0 spiro atoms. The molecule has 0 N–H and O–H groups in total. The van der Waals surface area contributed by atoms with E-state index in [1.54, 1.807) is 0 Å². The molecule has 74 valence electrons. The number of hydrogen-bond donors (Lipinski definition) is 0. The predicted molar refractivity (Wildman–Crippen MR) is 56.2 cm³/mol. The summed E-state index contributed by atoms with van der Waals surface area (Å²) in [5, 5.41) is 0. The fourth-order valence-electron chi connectivity index (χ4n) is 1.64. The van der Waals surface area contributed by atoms with Crippen LogP contribution >= 0.6 is 0 Å². The average molecular weight is 198 g/mol. The van der Waals surface area contributed by atoms with Gasteiger partial charge in [0.05, 0.1) is 8.07 Å². The maximum Gasteiger partial charge on any atom is 0.307 e. The first-order valence-corrected chi connectivity index (χ1v) is 8.36. The van der Waals surface area contributed by atoms with Crippen LogP contribution in [0.4, 0.5) is 0 Å². The van der Waals surface area contributed by atoms with E-state index >= 15 is 0 Å². The van der Waals surface area contributed by atoms with Gasteiger partial charge in [0.1, 0.15) is 5.76 Å². The van der Waals surface area contributed by atoms with Crippen molar-refractivity contribution in [3.63, 3.8) is 0 Å². The molecule has 0 radical (unpaired) electrons. The molecule has 0 saturated carbocycles. The molecule has 2 nitrogen and oxygen atoms in total. The molecule has 0 heterocycles. The van der Waals surface area contributed by atoms with Crippen molar-refractivity contribution < 1.29 is 9.53 Å². The maximum atomic E-state index is 10.7. The van der Waals surface area contributed by atoms with Gasteiger partial charge < -0.3 is 4.74 Å². The van der Waals surface area contributed by atoms with Crippen molar-refractivity contribution in [2.75, 3.05) is 0 Å². The van der Waals surface area contributed by atoms with Gasteiger partial charge in [-0.25, -0.2) is 0 Å². The Kier molecular flexibility index (Phi) is 2.96. The van der Waals surface area contributed by atoms with Crippen LogP contribution in [-0.2, 0) is 9.53 Å². The molecular formula is C10H18O2Si. The summed E-state index contributed by atoms with van der Waals surface area (Å²) in [6.07, 6.45) is 4.26. The first kappa shape index (κ1) is 10.5. The van der Waals surface area contributed by atoms with E-state index in [-0.39, 0.29) is 5.97 Å². The SMILES string of the molecule is CC(=O)OC1=CC([Si](C)(C)C)CC1. The summed E-state index contributed by atoms with van der Waals surface area (Å²) in [6, 6.07) is 0. The molecule has 0 aromatic rings. The lowest BCUT2D eigenvalue weighted by Gasteiger charge is -2.22. The molecule has 0 bridgehead atoms. The first-order valence-electron chi connectivity index (χ1n) is 4.78. The number of rotatable bonds is 2. The molecular weight excluding hydrogens is 180 g/mol. The van der Waals surface area contributed by atoms with Gasteiger partial charge in [0.25, 0.3) is 0 Å². The summed E-state index contributed by atoms with van der Waals surface area (Å²) in [5.74, 6) is 0.697. The Balaban J connectivity index is 2.58. The van der Waals surface area contributed by atoms with Crippen LogP contribution in [0.2, 0.25) is 25.2 Å². The fraction of sp³-hybridized carbons (Fsp3) is 0.700. The summed E-state index contributed by atoms with van der Waals surface area (Å²) in [4.78, 5) is 10.7. The number of ether oxygens (including phenoxy) is 1. The van der Waals surface area contributed by atoms with Crippen LogP contribution in [0.15, 0.2) is 11.8 Å². The van der Waals surface area contributed by atoms with Crippen molar-refractivity contribution >= 4 is 14.0 Å². The standard InChI is InChI=1S/C10H18O2Si/c1-8(11)12-9-5-6-10(7-9)13(2,3)4/h7,10H,5-6H2,1-4H3. The lowest BCUT2D eigenvalue weighted by atomic mass is 10.3. The Morgan fingerprint density at radius 1 is 1.54 bits per heavy atom. The predicted octanol–water partition coefficient (Wildman–Crippen LogP) is 2.94. The van der Waals surface area contributed by atoms with E-state index in [4.69, 9.17) is 4.74 Å². The summed E-state index contributed by atoms with van der Waals surface area (Å²) < 4.78 is 5.08. The summed E-state index contributed by atoms with van der Waals surface area (Å²) in [7, 11) is -1.08. The largest absolute Gasteiger partial charge is 0.432 e. The Morgan fingerprint density at radius 2 is 2.15 bits per heavy atom. The highest BCUT2D eigenvalue weighted by atomic mass is 28.3. The second-order valence-electron chi connectivity index (χ2n) is 4.74. The van der Waals surface area contributed by atoms with Gasteiger partial charge in [0.15, 0.2) is 0 Å². The third-order valence-electron chi connectivity index (χ3n) is 2.48. The minimum atomic E-state index is -1.08. The summed E-state index contributed by atoms with van der Waals surface area (Å²) >= 11 is 0. The monoisotopic (exact) mass is 198 g/mol. The third kappa shape index (κ3) is 2.99. The van der Waals surface area contributed by atoms with Gasteiger partial charge in [-0.2, -0.15) is 0 Å².